The minimum absolute atomic E-state index is 0.273. The number of carbonyl (C=O) groups is 2. The van der Waals surface area contributed by atoms with Gasteiger partial charge in [0.25, 0.3) is 11.8 Å². The quantitative estimate of drug-likeness (QED) is 0.505. The van der Waals surface area contributed by atoms with Crippen LogP contribution in [0.15, 0.2) is 60.7 Å². The Morgan fingerprint density at radius 2 is 1.48 bits per heavy atom. The second-order valence-electron chi connectivity index (χ2n) is 6.73. The van der Waals surface area contributed by atoms with Gasteiger partial charge in [0.1, 0.15) is 17.3 Å². The fraction of sp³-hybridized carbons (Fsp3) is 0.167. The van der Waals surface area contributed by atoms with Gasteiger partial charge in [-0.25, -0.2) is 4.39 Å². The van der Waals surface area contributed by atoms with Crippen molar-refractivity contribution < 1.29 is 32.9 Å². The van der Waals surface area contributed by atoms with Crippen LogP contribution in [0, 0.1) is 5.82 Å². The van der Waals surface area contributed by atoms with Crippen LogP contribution in [0.25, 0.3) is 0 Å². The first-order chi connectivity index (χ1) is 15.9. The largest absolute Gasteiger partial charge is 0.497 e. The fourth-order valence-corrected chi connectivity index (χ4v) is 2.91. The molecule has 0 spiro atoms. The van der Waals surface area contributed by atoms with E-state index in [2.05, 4.69) is 10.6 Å². The van der Waals surface area contributed by atoms with E-state index < -0.39 is 17.6 Å². The summed E-state index contributed by atoms with van der Waals surface area (Å²) in [6, 6.07) is 15.0. The van der Waals surface area contributed by atoms with Crippen molar-refractivity contribution in [1.29, 1.82) is 0 Å². The van der Waals surface area contributed by atoms with Gasteiger partial charge in [-0.05, 0) is 54.6 Å². The Kier molecular flexibility index (Phi) is 7.69. The van der Waals surface area contributed by atoms with Gasteiger partial charge in [0.05, 0.1) is 27.0 Å². The average molecular weight is 454 g/mol. The summed E-state index contributed by atoms with van der Waals surface area (Å²) in [5.74, 6) is 0.352. The minimum Gasteiger partial charge on any atom is -0.497 e. The molecule has 9 heteroatoms. The Balaban J connectivity index is 1.67. The number of nitrogens with one attached hydrogen (secondary N) is 2. The Bertz CT molecular complexity index is 1130. The zero-order valence-electron chi connectivity index (χ0n) is 18.3. The van der Waals surface area contributed by atoms with Crippen LogP contribution in [-0.2, 0) is 4.79 Å². The van der Waals surface area contributed by atoms with E-state index in [1.807, 2.05) is 0 Å². The van der Waals surface area contributed by atoms with E-state index in [-0.39, 0.29) is 18.1 Å². The molecule has 0 heterocycles. The maximum absolute atomic E-state index is 13.0. The summed E-state index contributed by atoms with van der Waals surface area (Å²) < 4.78 is 34.3. The lowest BCUT2D eigenvalue weighted by Gasteiger charge is -2.14. The number of anilines is 2. The molecule has 2 N–H and O–H groups in total. The predicted molar refractivity (Wildman–Crippen MR) is 121 cm³/mol. The van der Waals surface area contributed by atoms with Crippen molar-refractivity contribution in [2.45, 2.75) is 0 Å². The van der Waals surface area contributed by atoms with Crippen LogP contribution in [0.5, 0.6) is 23.0 Å². The van der Waals surface area contributed by atoms with Crippen LogP contribution >= 0.6 is 0 Å². The number of hydrogen-bond donors (Lipinski definition) is 2. The number of carbonyl (C=O) groups excluding carboxylic acids is 2. The van der Waals surface area contributed by atoms with Crippen molar-refractivity contribution in [3.8, 4) is 23.0 Å². The number of halogens is 1. The molecule has 0 aromatic heterocycles. The molecule has 0 aliphatic carbocycles. The van der Waals surface area contributed by atoms with Crippen molar-refractivity contribution in [1.82, 2.24) is 0 Å². The Hall–Kier alpha value is -4.27. The van der Waals surface area contributed by atoms with Crippen LogP contribution in [-0.4, -0.2) is 39.8 Å². The lowest BCUT2D eigenvalue weighted by molar-refractivity contribution is -0.118. The third kappa shape index (κ3) is 6.13. The summed E-state index contributed by atoms with van der Waals surface area (Å²) in [4.78, 5) is 24.9. The van der Waals surface area contributed by atoms with Gasteiger partial charge in [0.2, 0.25) is 0 Å². The zero-order valence-corrected chi connectivity index (χ0v) is 18.3. The molecule has 0 bridgehead atoms. The minimum atomic E-state index is -0.435. The Morgan fingerprint density at radius 3 is 2.15 bits per heavy atom. The van der Waals surface area contributed by atoms with E-state index in [4.69, 9.17) is 18.9 Å². The predicted octanol–water partition coefficient (Wildman–Crippen LogP) is 4.12. The highest BCUT2D eigenvalue weighted by Crippen LogP contribution is 2.31. The molecule has 0 aliphatic heterocycles. The summed E-state index contributed by atoms with van der Waals surface area (Å²) in [6.07, 6.45) is 0. The second-order valence-corrected chi connectivity index (χ2v) is 6.73. The summed E-state index contributed by atoms with van der Waals surface area (Å²) in [5.41, 5.74) is 1.19. The highest BCUT2D eigenvalue weighted by molar-refractivity contribution is 6.05. The van der Waals surface area contributed by atoms with Crippen LogP contribution in [0.4, 0.5) is 15.8 Å². The lowest BCUT2D eigenvalue weighted by Crippen LogP contribution is -2.20. The molecular formula is C24H23FN2O6. The van der Waals surface area contributed by atoms with Crippen LogP contribution in [0.1, 0.15) is 10.4 Å². The number of amides is 2. The molecule has 33 heavy (non-hydrogen) atoms. The third-order valence-electron chi connectivity index (χ3n) is 4.57. The molecule has 0 unspecified atom stereocenters. The van der Waals surface area contributed by atoms with Gasteiger partial charge in [-0.1, -0.05) is 0 Å². The Labute approximate surface area is 190 Å². The first-order valence-electron chi connectivity index (χ1n) is 9.83. The number of methoxy groups -OCH3 is 3. The summed E-state index contributed by atoms with van der Waals surface area (Å²) in [7, 11) is 4.45. The van der Waals surface area contributed by atoms with Gasteiger partial charge < -0.3 is 29.6 Å². The molecule has 2 amide bonds. The number of hydrogen-bond acceptors (Lipinski definition) is 6. The summed E-state index contributed by atoms with van der Waals surface area (Å²) in [6.45, 7) is -0.305. The van der Waals surface area contributed by atoms with E-state index in [0.717, 1.165) is 0 Å². The van der Waals surface area contributed by atoms with Gasteiger partial charge in [-0.3, -0.25) is 9.59 Å². The normalized spacial score (nSPS) is 10.2. The maximum atomic E-state index is 13.0. The van der Waals surface area contributed by atoms with Crippen LogP contribution in [0.3, 0.4) is 0 Å². The van der Waals surface area contributed by atoms with E-state index in [1.165, 1.54) is 63.8 Å². The molecule has 0 fully saturated rings. The van der Waals surface area contributed by atoms with Crippen molar-refractivity contribution >= 4 is 23.2 Å². The summed E-state index contributed by atoms with van der Waals surface area (Å²) in [5, 5.41) is 5.37. The zero-order chi connectivity index (χ0) is 23.8. The average Bonchev–Trinajstić information content (AvgIpc) is 2.83. The topological polar surface area (TPSA) is 95.1 Å². The van der Waals surface area contributed by atoms with E-state index in [0.29, 0.717) is 28.4 Å². The van der Waals surface area contributed by atoms with Crippen molar-refractivity contribution in [2.75, 3.05) is 38.6 Å². The Morgan fingerprint density at radius 1 is 0.788 bits per heavy atom. The number of rotatable bonds is 9. The first kappa shape index (κ1) is 23.4. The van der Waals surface area contributed by atoms with Crippen LogP contribution < -0.4 is 29.6 Å². The van der Waals surface area contributed by atoms with Gasteiger partial charge in [-0.2, -0.15) is 0 Å². The van der Waals surface area contributed by atoms with E-state index in [1.54, 1.807) is 18.2 Å². The third-order valence-corrected chi connectivity index (χ3v) is 4.57. The lowest BCUT2D eigenvalue weighted by atomic mass is 10.1. The van der Waals surface area contributed by atoms with Crippen LogP contribution in [0.2, 0.25) is 0 Å². The van der Waals surface area contributed by atoms with Gasteiger partial charge in [0, 0.05) is 17.3 Å². The fourth-order valence-electron chi connectivity index (χ4n) is 2.91. The molecule has 0 atom stereocenters. The van der Waals surface area contributed by atoms with Gasteiger partial charge in [0.15, 0.2) is 18.1 Å². The molecule has 172 valence electrons. The monoisotopic (exact) mass is 454 g/mol. The smallest absolute Gasteiger partial charge is 0.262 e. The van der Waals surface area contributed by atoms with Crippen molar-refractivity contribution in [3.63, 3.8) is 0 Å². The highest BCUT2D eigenvalue weighted by atomic mass is 19.1. The summed E-state index contributed by atoms with van der Waals surface area (Å²) >= 11 is 0. The second kappa shape index (κ2) is 10.9. The van der Waals surface area contributed by atoms with Crippen molar-refractivity contribution in [2.24, 2.45) is 0 Å². The van der Waals surface area contributed by atoms with E-state index in [9.17, 15) is 14.0 Å². The van der Waals surface area contributed by atoms with E-state index >= 15 is 0 Å². The molecule has 3 aromatic rings. The van der Waals surface area contributed by atoms with Gasteiger partial charge in [-0.15, -0.1) is 0 Å². The molecule has 0 radical (unpaired) electrons. The van der Waals surface area contributed by atoms with Gasteiger partial charge >= 0.3 is 0 Å². The number of ether oxygens (including phenoxy) is 4. The molecule has 0 aliphatic rings. The number of benzene rings is 3. The molecule has 3 rings (SSSR count). The molecule has 8 nitrogen and oxygen atoms in total. The standard InChI is InChI=1S/C24H23FN2O6/c1-30-18-9-11-20(31-2)19(13-18)27-24(29)15-4-10-21(22(12-15)32-3)33-14-23(28)26-17-7-5-16(25)6-8-17/h4-13H,14H2,1-3H3,(H,26,28)(H,27,29). The van der Waals surface area contributed by atoms with Crippen molar-refractivity contribution in [3.05, 3.63) is 72.0 Å². The first-order valence-corrected chi connectivity index (χ1v) is 9.83. The molecule has 3 aromatic carbocycles. The maximum Gasteiger partial charge on any atom is 0.262 e. The highest BCUT2D eigenvalue weighted by Gasteiger charge is 2.15. The molecule has 0 saturated carbocycles. The SMILES string of the molecule is COc1ccc(OC)c(NC(=O)c2ccc(OCC(=O)Nc3ccc(F)cc3)c(OC)c2)c1. The molecular weight excluding hydrogens is 431 g/mol. The molecule has 0 saturated heterocycles.